The molecule has 0 fully saturated rings. The highest BCUT2D eigenvalue weighted by atomic mass is 16.2. The van der Waals surface area contributed by atoms with Crippen LogP contribution in [0.4, 0.5) is 11.6 Å². The van der Waals surface area contributed by atoms with Gasteiger partial charge in [-0.1, -0.05) is 48.0 Å². The number of carbonyl (C=O) groups excluding carboxylic acids is 1. The molecule has 1 amide bonds. The maximum absolute atomic E-state index is 12.8. The molecular formula is C21H21N5O2. The SMILES string of the molecule is Cc1ccc(N2CCn3c2nnc(C(=O)NC(C)c2ccccc2)c3=O)cc1. The fourth-order valence-electron chi connectivity index (χ4n) is 3.31. The van der Waals surface area contributed by atoms with Crippen molar-refractivity contribution in [2.45, 2.75) is 26.4 Å². The summed E-state index contributed by atoms with van der Waals surface area (Å²) in [5.74, 6) is -0.0561. The predicted octanol–water partition coefficient (Wildman–Crippen LogP) is 2.59. The maximum atomic E-state index is 12.8. The molecule has 1 unspecified atom stereocenters. The summed E-state index contributed by atoms with van der Waals surface area (Å²) in [6.45, 7) is 4.96. The van der Waals surface area contributed by atoms with Crippen LogP contribution in [0.3, 0.4) is 0 Å². The van der Waals surface area contributed by atoms with Crippen molar-refractivity contribution in [3.63, 3.8) is 0 Å². The molecule has 0 saturated heterocycles. The number of aromatic nitrogens is 3. The van der Waals surface area contributed by atoms with Gasteiger partial charge in [0, 0.05) is 18.8 Å². The van der Waals surface area contributed by atoms with E-state index in [0.717, 1.165) is 16.8 Å². The Balaban J connectivity index is 1.59. The first-order valence-electron chi connectivity index (χ1n) is 9.22. The molecule has 4 rings (SSSR count). The van der Waals surface area contributed by atoms with E-state index in [0.29, 0.717) is 19.0 Å². The van der Waals surface area contributed by atoms with Gasteiger partial charge in [-0.2, -0.15) is 0 Å². The molecule has 1 aliphatic heterocycles. The van der Waals surface area contributed by atoms with E-state index in [1.54, 1.807) is 0 Å². The van der Waals surface area contributed by atoms with E-state index in [1.165, 1.54) is 4.57 Å². The van der Waals surface area contributed by atoms with Crippen LogP contribution in [0.15, 0.2) is 59.4 Å². The molecule has 1 aliphatic rings. The quantitative estimate of drug-likeness (QED) is 0.758. The third-order valence-electron chi connectivity index (χ3n) is 4.93. The molecule has 1 atom stereocenters. The Morgan fingerprint density at radius 3 is 2.46 bits per heavy atom. The smallest absolute Gasteiger partial charge is 0.286 e. The average Bonchev–Trinajstić information content (AvgIpc) is 3.14. The molecule has 7 nitrogen and oxygen atoms in total. The Bertz CT molecular complexity index is 1060. The number of anilines is 2. The van der Waals surface area contributed by atoms with Gasteiger partial charge in [0.15, 0.2) is 0 Å². The van der Waals surface area contributed by atoms with Crippen LogP contribution >= 0.6 is 0 Å². The highest BCUT2D eigenvalue weighted by Gasteiger charge is 2.27. The van der Waals surface area contributed by atoms with E-state index in [1.807, 2.05) is 73.3 Å². The van der Waals surface area contributed by atoms with Crippen LogP contribution in [-0.4, -0.2) is 27.2 Å². The number of nitrogens with zero attached hydrogens (tertiary/aromatic N) is 4. The summed E-state index contributed by atoms with van der Waals surface area (Å²) in [4.78, 5) is 27.4. The molecular weight excluding hydrogens is 354 g/mol. The monoisotopic (exact) mass is 375 g/mol. The summed E-state index contributed by atoms with van der Waals surface area (Å²) in [7, 11) is 0. The van der Waals surface area contributed by atoms with Gasteiger partial charge < -0.3 is 10.2 Å². The first-order chi connectivity index (χ1) is 13.5. The van der Waals surface area contributed by atoms with Crippen molar-refractivity contribution in [3.8, 4) is 0 Å². The first kappa shape index (κ1) is 17.9. The van der Waals surface area contributed by atoms with Crippen molar-refractivity contribution < 1.29 is 4.79 Å². The number of rotatable bonds is 4. The fourth-order valence-corrected chi connectivity index (χ4v) is 3.31. The highest BCUT2D eigenvalue weighted by molar-refractivity contribution is 5.92. The zero-order valence-corrected chi connectivity index (χ0v) is 15.8. The van der Waals surface area contributed by atoms with Gasteiger partial charge in [-0.15, -0.1) is 10.2 Å². The lowest BCUT2D eigenvalue weighted by Gasteiger charge is -2.17. The minimum absolute atomic E-state index is 0.183. The lowest BCUT2D eigenvalue weighted by molar-refractivity contribution is 0.0931. The molecule has 2 aromatic carbocycles. The zero-order chi connectivity index (χ0) is 19.7. The van der Waals surface area contributed by atoms with Gasteiger partial charge in [-0.05, 0) is 31.5 Å². The first-order valence-corrected chi connectivity index (χ1v) is 9.22. The van der Waals surface area contributed by atoms with Crippen LogP contribution in [-0.2, 0) is 6.54 Å². The summed E-state index contributed by atoms with van der Waals surface area (Å²) in [5.41, 5.74) is 2.46. The van der Waals surface area contributed by atoms with Crippen LogP contribution in [0.5, 0.6) is 0 Å². The van der Waals surface area contributed by atoms with Crippen LogP contribution in [0.2, 0.25) is 0 Å². The molecule has 2 heterocycles. The number of fused-ring (bicyclic) bond motifs is 1. The second-order valence-corrected chi connectivity index (χ2v) is 6.90. The number of nitrogens with one attached hydrogen (secondary N) is 1. The van der Waals surface area contributed by atoms with Crippen molar-refractivity contribution in [1.82, 2.24) is 20.1 Å². The Hall–Kier alpha value is -3.48. The summed E-state index contributed by atoms with van der Waals surface area (Å²) in [5, 5.41) is 11.0. The molecule has 28 heavy (non-hydrogen) atoms. The molecule has 1 N–H and O–H groups in total. The van der Waals surface area contributed by atoms with Gasteiger partial charge >= 0.3 is 0 Å². The number of hydrogen-bond donors (Lipinski definition) is 1. The molecule has 142 valence electrons. The Kier molecular flexibility index (Phi) is 4.65. The summed E-state index contributed by atoms with van der Waals surface area (Å²) >= 11 is 0. The van der Waals surface area contributed by atoms with Gasteiger partial charge in [0.2, 0.25) is 11.6 Å². The van der Waals surface area contributed by atoms with E-state index < -0.39 is 11.5 Å². The van der Waals surface area contributed by atoms with Crippen molar-refractivity contribution in [2.24, 2.45) is 0 Å². The van der Waals surface area contributed by atoms with E-state index in [-0.39, 0.29) is 11.7 Å². The summed E-state index contributed by atoms with van der Waals surface area (Å²) in [6.07, 6.45) is 0. The minimum atomic E-state index is -0.516. The number of carbonyl (C=O) groups is 1. The largest absolute Gasteiger partial charge is 0.344 e. The predicted molar refractivity (Wildman–Crippen MR) is 107 cm³/mol. The Morgan fingerprint density at radius 2 is 1.75 bits per heavy atom. The molecule has 0 saturated carbocycles. The van der Waals surface area contributed by atoms with Crippen LogP contribution in [0, 0.1) is 6.92 Å². The lowest BCUT2D eigenvalue weighted by Crippen LogP contribution is -2.36. The second kappa shape index (κ2) is 7.26. The number of hydrogen-bond acceptors (Lipinski definition) is 5. The van der Waals surface area contributed by atoms with Crippen molar-refractivity contribution in [2.75, 3.05) is 11.4 Å². The zero-order valence-electron chi connectivity index (χ0n) is 15.8. The van der Waals surface area contributed by atoms with Crippen molar-refractivity contribution in [3.05, 3.63) is 81.8 Å². The molecule has 0 spiro atoms. The molecule has 0 radical (unpaired) electrons. The normalized spacial score (nSPS) is 13.9. The number of amides is 1. The van der Waals surface area contributed by atoms with E-state index in [9.17, 15) is 9.59 Å². The minimum Gasteiger partial charge on any atom is -0.344 e. The van der Waals surface area contributed by atoms with Gasteiger partial charge in [-0.25, -0.2) is 0 Å². The summed E-state index contributed by atoms with van der Waals surface area (Å²) < 4.78 is 1.51. The number of aryl methyl sites for hydroxylation is 1. The lowest BCUT2D eigenvalue weighted by atomic mass is 10.1. The molecule has 0 bridgehead atoms. The molecule has 0 aliphatic carbocycles. The number of benzene rings is 2. The van der Waals surface area contributed by atoms with Gasteiger partial charge in [0.25, 0.3) is 11.5 Å². The van der Waals surface area contributed by atoms with E-state index in [2.05, 4.69) is 15.5 Å². The summed E-state index contributed by atoms with van der Waals surface area (Å²) in [6, 6.07) is 17.3. The van der Waals surface area contributed by atoms with Gasteiger partial charge in [0.1, 0.15) is 0 Å². The van der Waals surface area contributed by atoms with E-state index >= 15 is 0 Å². The Labute approximate surface area is 162 Å². The standard InChI is InChI=1S/C21H21N5O2/c1-14-8-10-17(11-9-14)25-12-13-26-20(28)18(23-24-21(25)26)19(27)22-15(2)16-6-4-3-5-7-16/h3-11,15H,12-13H2,1-2H3,(H,22,27). The highest BCUT2D eigenvalue weighted by Crippen LogP contribution is 2.26. The van der Waals surface area contributed by atoms with Gasteiger partial charge in [-0.3, -0.25) is 14.2 Å². The van der Waals surface area contributed by atoms with Crippen LogP contribution < -0.4 is 15.8 Å². The van der Waals surface area contributed by atoms with Crippen LogP contribution in [0.25, 0.3) is 0 Å². The molecule has 3 aromatic rings. The average molecular weight is 375 g/mol. The second-order valence-electron chi connectivity index (χ2n) is 6.90. The van der Waals surface area contributed by atoms with Gasteiger partial charge in [0.05, 0.1) is 6.04 Å². The molecule has 1 aromatic heterocycles. The maximum Gasteiger partial charge on any atom is 0.286 e. The third kappa shape index (κ3) is 3.26. The van der Waals surface area contributed by atoms with E-state index in [4.69, 9.17) is 0 Å². The van der Waals surface area contributed by atoms with Crippen LogP contribution in [0.1, 0.15) is 34.6 Å². The Morgan fingerprint density at radius 1 is 1.04 bits per heavy atom. The van der Waals surface area contributed by atoms with Crippen molar-refractivity contribution in [1.29, 1.82) is 0 Å². The fraction of sp³-hybridized carbons (Fsp3) is 0.238. The molecule has 7 heteroatoms. The third-order valence-corrected chi connectivity index (χ3v) is 4.93. The van der Waals surface area contributed by atoms with Crippen molar-refractivity contribution >= 4 is 17.5 Å². The topological polar surface area (TPSA) is 80.1 Å².